The van der Waals surface area contributed by atoms with Crippen molar-refractivity contribution < 1.29 is 9.53 Å². The van der Waals surface area contributed by atoms with E-state index in [0.717, 1.165) is 49.4 Å². The summed E-state index contributed by atoms with van der Waals surface area (Å²) in [6.07, 6.45) is 4.77. The first-order valence-corrected chi connectivity index (χ1v) is 11.2. The van der Waals surface area contributed by atoms with Crippen LogP contribution in [0.25, 0.3) is 0 Å². The molecule has 1 amide bonds. The highest BCUT2D eigenvalue weighted by molar-refractivity contribution is 5.95. The Kier molecular flexibility index (Phi) is 7.12. The molecule has 1 aliphatic heterocycles. The summed E-state index contributed by atoms with van der Waals surface area (Å²) in [5.74, 6) is 1.36. The van der Waals surface area contributed by atoms with Gasteiger partial charge in [0.15, 0.2) is 0 Å². The monoisotopic (exact) mass is 430 g/mol. The van der Waals surface area contributed by atoms with E-state index in [1.807, 2.05) is 37.3 Å². The quantitative estimate of drug-likeness (QED) is 0.583. The summed E-state index contributed by atoms with van der Waals surface area (Å²) >= 11 is 0. The molecule has 1 unspecified atom stereocenters. The molecular weight excluding hydrogens is 400 g/mol. The second kappa shape index (κ2) is 10.4. The minimum atomic E-state index is -0.134. The third kappa shape index (κ3) is 5.32. The van der Waals surface area contributed by atoms with Gasteiger partial charge in [-0.15, -0.1) is 0 Å². The van der Waals surface area contributed by atoms with E-state index in [1.54, 1.807) is 13.3 Å². The van der Waals surface area contributed by atoms with Crippen LogP contribution >= 0.6 is 0 Å². The van der Waals surface area contributed by atoms with Crippen molar-refractivity contribution in [1.82, 2.24) is 20.2 Å². The highest BCUT2D eigenvalue weighted by atomic mass is 16.5. The molecule has 166 valence electrons. The number of benzene rings is 2. The molecule has 0 aliphatic carbocycles. The minimum absolute atomic E-state index is 0.134. The molecule has 1 N–H and O–H groups in total. The second-order valence-electron chi connectivity index (χ2n) is 8.18. The van der Waals surface area contributed by atoms with Crippen LogP contribution in [0, 0.1) is 6.92 Å². The average molecular weight is 431 g/mol. The standard InChI is InChI=1S/C26H30N4O2/c1-19-27-18-23(26(31)28-17-21-10-12-22(32-2)13-11-21)25(29-19)24-9-6-15-30(24)16-14-20-7-4-3-5-8-20/h3-5,7-8,10-13,18,24H,6,9,14-17H2,1-2H3,(H,28,31). The molecule has 2 aromatic carbocycles. The van der Waals surface area contributed by atoms with Crippen LogP contribution in [0.4, 0.5) is 0 Å². The van der Waals surface area contributed by atoms with Gasteiger partial charge in [0.1, 0.15) is 11.6 Å². The van der Waals surface area contributed by atoms with Crippen LogP contribution in [0.1, 0.15) is 51.9 Å². The van der Waals surface area contributed by atoms with Gasteiger partial charge >= 0.3 is 0 Å². The molecule has 0 bridgehead atoms. The van der Waals surface area contributed by atoms with Crippen molar-refractivity contribution in [2.45, 2.75) is 38.8 Å². The molecule has 1 fully saturated rings. The van der Waals surface area contributed by atoms with Gasteiger partial charge in [-0.2, -0.15) is 0 Å². The van der Waals surface area contributed by atoms with Gasteiger partial charge in [-0.1, -0.05) is 42.5 Å². The van der Waals surface area contributed by atoms with Crippen LogP contribution in [0.3, 0.4) is 0 Å². The first kappa shape index (κ1) is 22.0. The summed E-state index contributed by atoms with van der Waals surface area (Å²) in [6, 6.07) is 18.4. The Balaban J connectivity index is 1.47. The number of aromatic nitrogens is 2. The van der Waals surface area contributed by atoms with Crippen molar-refractivity contribution in [3.8, 4) is 5.75 Å². The van der Waals surface area contributed by atoms with Crippen molar-refractivity contribution in [2.24, 2.45) is 0 Å². The SMILES string of the molecule is COc1ccc(CNC(=O)c2cnc(C)nc2C2CCCN2CCc2ccccc2)cc1. The topological polar surface area (TPSA) is 67.3 Å². The minimum Gasteiger partial charge on any atom is -0.497 e. The summed E-state index contributed by atoms with van der Waals surface area (Å²) < 4.78 is 5.20. The Morgan fingerprint density at radius 1 is 1.12 bits per heavy atom. The first-order valence-electron chi connectivity index (χ1n) is 11.2. The zero-order valence-corrected chi connectivity index (χ0v) is 18.8. The number of carbonyl (C=O) groups excluding carboxylic acids is 1. The number of ether oxygens (including phenoxy) is 1. The molecule has 1 saturated heterocycles. The fraction of sp³-hybridized carbons (Fsp3) is 0.346. The van der Waals surface area contributed by atoms with Gasteiger partial charge in [0, 0.05) is 19.3 Å². The van der Waals surface area contributed by atoms with E-state index in [0.29, 0.717) is 17.9 Å². The number of hydrogen-bond donors (Lipinski definition) is 1. The van der Waals surface area contributed by atoms with Gasteiger partial charge in [0.2, 0.25) is 0 Å². The maximum atomic E-state index is 13.1. The molecule has 3 aromatic rings. The lowest BCUT2D eigenvalue weighted by Gasteiger charge is -2.25. The average Bonchev–Trinajstić information content (AvgIpc) is 3.30. The van der Waals surface area contributed by atoms with Gasteiger partial charge in [0.05, 0.1) is 24.4 Å². The number of carbonyl (C=O) groups is 1. The summed E-state index contributed by atoms with van der Waals surface area (Å²) in [4.78, 5) is 24.6. The van der Waals surface area contributed by atoms with Gasteiger partial charge in [0.25, 0.3) is 5.91 Å². The molecule has 32 heavy (non-hydrogen) atoms. The van der Waals surface area contributed by atoms with Crippen molar-refractivity contribution >= 4 is 5.91 Å². The number of likely N-dealkylation sites (tertiary alicyclic amines) is 1. The Labute approximate surface area is 189 Å². The van der Waals surface area contributed by atoms with E-state index >= 15 is 0 Å². The highest BCUT2D eigenvalue weighted by Crippen LogP contribution is 2.32. The van der Waals surface area contributed by atoms with E-state index in [9.17, 15) is 4.79 Å². The maximum absolute atomic E-state index is 13.1. The van der Waals surface area contributed by atoms with E-state index in [2.05, 4.69) is 39.5 Å². The van der Waals surface area contributed by atoms with Crippen LogP contribution in [0.15, 0.2) is 60.8 Å². The molecule has 2 heterocycles. The lowest BCUT2D eigenvalue weighted by Crippen LogP contribution is -2.30. The van der Waals surface area contributed by atoms with E-state index in [-0.39, 0.29) is 11.9 Å². The van der Waals surface area contributed by atoms with Crippen LogP contribution < -0.4 is 10.1 Å². The summed E-state index contributed by atoms with van der Waals surface area (Å²) in [7, 11) is 1.64. The van der Waals surface area contributed by atoms with Crippen LogP contribution in [-0.4, -0.2) is 41.0 Å². The largest absolute Gasteiger partial charge is 0.497 e. The third-order valence-corrected chi connectivity index (χ3v) is 6.01. The Hall–Kier alpha value is -3.25. The van der Waals surface area contributed by atoms with Gasteiger partial charge in [-0.05, 0) is 56.0 Å². The maximum Gasteiger partial charge on any atom is 0.255 e. The summed E-state index contributed by atoms with van der Waals surface area (Å²) in [5.41, 5.74) is 3.75. The van der Waals surface area contributed by atoms with E-state index in [4.69, 9.17) is 9.72 Å². The fourth-order valence-corrected chi connectivity index (χ4v) is 4.26. The van der Waals surface area contributed by atoms with Crippen LogP contribution in [0.2, 0.25) is 0 Å². The molecular formula is C26H30N4O2. The van der Waals surface area contributed by atoms with Gasteiger partial charge < -0.3 is 10.1 Å². The Morgan fingerprint density at radius 3 is 2.66 bits per heavy atom. The number of methoxy groups -OCH3 is 1. The molecule has 0 saturated carbocycles. The lowest BCUT2D eigenvalue weighted by molar-refractivity contribution is 0.0946. The van der Waals surface area contributed by atoms with Crippen molar-refractivity contribution in [1.29, 1.82) is 0 Å². The number of rotatable bonds is 8. The molecule has 0 spiro atoms. The van der Waals surface area contributed by atoms with Crippen molar-refractivity contribution in [3.63, 3.8) is 0 Å². The fourth-order valence-electron chi connectivity index (χ4n) is 4.26. The van der Waals surface area contributed by atoms with E-state index in [1.165, 1.54) is 5.56 Å². The molecule has 0 radical (unpaired) electrons. The van der Waals surface area contributed by atoms with E-state index < -0.39 is 0 Å². The van der Waals surface area contributed by atoms with Crippen LogP contribution in [-0.2, 0) is 13.0 Å². The van der Waals surface area contributed by atoms with Gasteiger partial charge in [-0.25, -0.2) is 9.97 Å². The highest BCUT2D eigenvalue weighted by Gasteiger charge is 2.30. The van der Waals surface area contributed by atoms with Crippen molar-refractivity contribution in [2.75, 3.05) is 20.2 Å². The summed E-state index contributed by atoms with van der Waals surface area (Å²) in [5, 5.41) is 3.03. The number of aryl methyl sites for hydroxylation is 1. The first-order chi connectivity index (χ1) is 15.6. The smallest absolute Gasteiger partial charge is 0.255 e. The van der Waals surface area contributed by atoms with Gasteiger partial charge in [-0.3, -0.25) is 9.69 Å². The Bertz CT molecular complexity index is 1040. The molecule has 6 nitrogen and oxygen atoms in total. The summed E-state index contributed by atoms with van der Waals surface area (Å²) in [6.45, 7) is 4.29. The molecule has 1 aliphatic rings. The number of hydrogen-bond acceptors (Lipinski definition) is 5. The molecule has 1 aromatic heterocycles. The number of nitrogens with zero attached hydrogens (tertiary/aromatic N) is 3. The lowest BCUT2D eigenvalue weighted by atomic mass is 10.0. The zero-order chi connectivity index (χ0) is 22.3. The zero-order valence-electron chi connectivity index (χ0n) is 18.8. The van der Waals surface area contributed by atoms with Crippen molar-refractivity contribution in [3.05, 3.63) is 89.0 Å². The molecule has 6 heteroatoms. The normalized spacial score (nSPS) is 16.1. The predicted molar refractivity (Wildman–Crippen MR) is 125 cm³/mol. The Morgan fingerprint density at radius 2 is 1.91 bits per heavy atom. The van der Waals surface area contributed by atoms with Crippen LogP contribution in [0.5, 0.6) is 5.75 Å². The predicted octanol–water partition coefficient (Wildman–Crippen LogP) is 4.10. The molecule has 4 rings (SSSR count). The number of nitrogens with one attached hydrogen (secondary N) is 1. The second-order valence-corrected chi connectivity index (χ2v) is 8.18. The molecule has 1 atom stereocenters. The third-order valence-electron chi connectivity index (χ3n) is 6.01. The number of amides is 1.